The van der Waals surface area contributed by atoms with Gasteiger partial charge in [0.1, 0.15) is 5.56 Å². The highest BCUT2D eigenvalue weighted by atomic mass is 35.5. The molecule has 1 atom stereocenters. The van der Waals surface area contributed by atoms with E-state index in [1.807, 2.05) is 24.4 Å². The summed E-state index contributed by atoms with van der Waals surface area (Å²) in [5, 5.41) is 12.7. The number of thiophene rings is 1. The number of amides is 1. The van der Waals surface area contributed by atoms with E-state index < -0.39 is 16.5 Å². The van der Waals surface area contributed by atoms with Crippen LogP contribution in [0.15, 0.2) is 29.8 Å². The molecule has 0 radical (unpaired) electrons. The van der Waals surface area contributed by atoms with Crippen molar-refractivity contribution >= 4 is 34.5 Å². The van der Waals surface area contributed by atoms with Gasteiger partial charge in [0, 0.05) is 18.1 Å². The molecule has 0 saturated carbocycles. The van der Waals surface area contributed by atoms with Gasteiger partial charge in [0.05, 0.1) is 11.0 Å². The Hall–Kier alpha value is -1.99. The van der Waals surface area contributed by atoms with Gasteiger partial charge >= 0.3 is 5.69 Å². The van der Waals surface area contributed by atoms with Gasteiger partial charge in [0.15, 0.2) is 0 Å². The highest BCUT2D eigenvalue weighted by Crippen LogP contribution is 2.30. The summed E-state index contributed by atoms with van der Waals surface area (Å²) in [6, 6.07) is 4.92. The molecule has 110 valence electrons. The lowest BCUT2D eigenvalue weighted by Crippen LogP contribution is -2.29. The molecular weight excluding hydrogens is 314 g/mol. The molecule has 0 aromatic carbocycles. The van der Waals surface area contributed by atoms with Gasteiger partial charge in [-0.1, -0.05) is 17.7 Å². The van der Waals surface area contributed by atoms with Gasteiger partial charge in [-0.2, -0.15) is 0 Å². The van der Waals surface area contributed by atoms with Gasteiger partial charge in [0.2, 0.25) is 5.15 Å². The fourth-order valence-corrected chi connectivity index (χ4v) is 2.91. The van der Waals surface area contributed by atoms with Crippen molar-refractivity contribution in [2.75, 3.05) is 7.05 Å². The molecule has 0 spiro atoms. The number of pyridine rings is 1. The maximum atomic E-state index is 12.5. The molecule has 8 heteroatoms. The smallest absolute Gasteiger partial charge is 0.319 e. The third-order valence-electron chi connectivity index (χ3n) is 3.15. The second kappa shape index (κ2) is 6.19. The minimum Gasteiger partial charge on any atom is -0.334 e. The van der Waals surface area contributed by atoms with E-state index in [0.29, 0.717) is 0 Å². The van der Waals surface area contributed by atoms with Gasteiger partial charge in [-0.25, -0.2) is 4.98 Å². The lowest BCUT2D eigenvalue weighted by atomic mass is 10.1. The summed E-state index contributed by atoms with van der Waals surface area (Å²) in [7, 11) is 1.60. The minimum atomic E-state index is -0.688. The molecule has 2 aromatic rings. The van der Waals surface area contributed by atoms with Crippen molar-refractivity contribution in [3.05, 3.63) is 55.5 Å². The quantitative estimate of drug-likeness (QED) is 0.489. The fourth-order valence-electron chi connectivity index (χ4n) is 1.86. The summed E-state index contributed by atoms with van der Waals surface area (Å²) in [4.78, 5) is 29.0. The highest BCUT2D eigenvalue weighted by Gasteiger charge is 2.29. The fraction of sp³-hybridized carbons (Fsp3) is 0.231. The Bertz CT molecular complexity index is 675. The summed E-state index contributed by atoms with van der Waals surface area (Å²) < 4.78 is 0. The number of rotatable bonds is 4. The Kier molecular flexibility index (Phi) is 4.54. The van der Waals surface area contributed by atoms with Crippen molar-refractivity contribution < 1.29 is 9.72 Å². The Morgan fingerprint density at radius 1 is 1.52 bits per heavy atom. The lowest BCUT2D eigenvalue weighted by Gasteiger charge is -2.24. The zero-order chi connectivity index (χ0) is 15.6. The summed E-state index contributed by atoms with van der Waals surface area (Å²) in [5.41, 5.74) is -0.527. The number of nitro groups is 1. The zero-order valence-corrected chi connectivity index (χ0v) is 12.9. The molecule has 21 heavy (non-hydrogen) atoms. The van der Waals surface area contributed by atoms with Crippen LogP contribution < -0.4 is 0 Å². The van der Waals surface area contributed by atoms with Gasteiger partial charge in [-0.3, -0.25) is 14.9 Å². The minimum absolute atomic E-state index is 0.0640. The average Bonchev–Trinajstić information content (AvgIpc) is 2.98. The molecule has 0 aliphatic carbocycles. The van der Waals surface area contributed by atoms with Crippen LogP contribution in [-0.2, 0) is 0 Å². The van der Waals surface area contributed by atoms with Crippen molar-refractivity contribution in [2.24, 2.45) is 0 Å². The molecule has 0 bridgehead atoms. The molecule has 2 heterocycles. The maximum absolute atomic E-state index is 12.5. The second-order valence-electron chi connectivity index (χ2n) is 4.36. The zero-order valence-electron chi connectivity index (χ0n) is 11.3. The van der Waals surface area contributed by atoms with Crippen LogP contribution in [0.1, 0.15) is 28.2 Å². The number of hydrogen-bond acceptors (Lipinski definition) is 5. The normalized spacial score (nSPS) is 12.0. The van der Waals surface area contributed by atoms with Crippen molar-refractivity contribution in [1.29, 1.82) is 0 Å². The van der Waals surface area contributed by atoms with E-state index in [1.165, 1.54) is 28.5 Å². The largest absolute Gasteiger partial charge is 0.334 e. The van der Waals surface area contributed by atoms with E-state index in [4.69, 9.17) is 11.6 Å². The Morgan fingerprint density at radius 3 is 2.81 bits per heavy atom. The standard InChI is InChI=1S/C13H12ClN3O3S/c1-8(10-4-3-7-21-10)16(2)13(18)9-5-6-15-12(14)11(9)17(19)20/h3-8H,1-2H3. The van der Waals surface area contributed by atoms with E-state index in [1.54, 1.807) is 7.05 Å². The first-order valence-electron chi connectivity index (χ1n) is 6.03. The van der Waals surface area contributed by atoms with Crippen LogP contribution in [0.4, 0.5) is 5.69 Å². The first kappa shape index (κ1) is 15.4. The molecule has 0 fully saturated rings. The summed E-state index contributed by atoms with van der Waals surface area (Å²) in [6.07, 6.45) is 1.28. The topological polar surface area (TPSA) is 76.3 Å². The van der Waals surface area contributed by atoms with Crippen LogP contribution in [-0.4, -0.2) is 27.8 Å². The molecule has 6 nitrogen and oxygen atoms in total. The molecule has 2 aromatic heterocycles. The van der Waals surface area contributed by atoms with E-state index in [2.05, 4.69) is 4.98 Å². The molecule has 1 amide bonds. The average molecular weight is 326 g/mol. The first-order valence-corrected chi connectivity index (χ1v) is 7.28. The Morgan fingerprint density at radius 2 is 2.24 bits per heavy atom. The number of carbonyl (C=O) groups excluding carboxylic acids is 1. The SMILES string of the molecule is CC(c1cccs1)N(C)C(=O)c1ccnc(Cl)c1[N+](=O)[O-]. The second-order valence-corrected chi connectivity index (χ2v) is 5.70. The van der Waals surface area contributed by atoms with Crippen LogP contribution in [0.3, 0.4) is 0 Å². The predicted octanol–water partition coefficient (Wildman–Crippen LogP) is 3.54. The first-order chi connectivity index (χ1) is 9.93. The molecular formula is C13H12ClN3O3S. The number of aromatic nitrogens is 1. The number of nitrogens with zero attached hydrogens (tertiary/aromatic N) is 3. The lowest BCUT2D eigenvalue weighted by molar-refractivity contribution is -0.385. The Labute approximate surface area is 130 Å². The number of hydrogen-bond donors (Lipinski definition) is 0. The molecule has 2 rings (SSSR count). The predicted molar refractivity (Wildman–Crippen MR) is 80.7 cm³/mol. The van der Waals surface area contributed by atoms with Crippen LogP contribution in [0, 0.1) is 10.1 Å². The van der Waals surface area contributed by atoms with Crippen molar-refractivity contribution in [3.8, 4) is 0 Å². The van der Waals surface area contributed by atoms with Crippen LogP contribution in [0.5, 0.6) is 0 Å². The molecule has 0 N–H and O–H groups in total. The van der Waals surface area contributed by atoms with Crippen LogP contribution in [0.25, 0.3) is 0 Å². The number of carbonyl (C=O) groups is 1. The van der Waals surface area contributed by atoms with E-state index >= 15 is 0 Å². The van der Waals surface area contributed by atoms with Crippen LogP contribution >= 0.6 is 22.9 Å². The van der Waals surface area contributed by atoms with E-state index in [9.17, 15) is 14.9 Å². The summed E-state index contributed by atoms with van der Waals surface area (Å²) in [6.45, 7) is 1.86. The molecule has 1 unspecified atom stereocenters. The van der Waals surface area contributed by atoms with Gasteiger partial charge < -0.3 is 4.90 Å². The van der Waals surface area contributed by atoms with Gasteiger partial charge in [-0.05, 0) is 24.4 Å². The van der Waals surface area contributed by atoms with Crippen molar-refractivity contribution in [3.63, 3.8) is 0 Å². The van der Waals surface area contributed by atoms with Gasteiger partial charge in [0.25, 0.3) is 5.91 Å². The van der Waals surface area contributed by atoms with Crippen LogP contribution in [0.2, 0.25) is 5.15 Å². The summed E-state index contributed by atoms with van der Waals surface area (Å²) >= 11 is 7.25. The molecule has 0 aliphatic rings. The maximum Gasteiger partial charge on any atom is 0.319 e. The Balaban J connectivity index is 2.36. The highest BCUT2D eigenvalue weighted by molar-refractivity contribution is 7.10. The third kappa shape index (κ3) is 3.03. The van der Waals surface area contributed by atoms with E-state index in [0.717, 1.165) is 4.88 Å². The number of halogens is 1. The monoisotopic (exact) mass is 325 g/mol. The molecule has 0 saturated heterocycles. The summed E-state index contributed by atoms with van der Waals surface area (Å²) in [5.74, 6) is -0.466. The van der Waals surface area contributed by atoms with Crippen molar-refractivity contribution in [1.82, 2.24) is 9.88 Å². The third-order valence-corrected chi connectivity index (χ3v) is 4.47. The van der Waals surface area contributed by atoms with Gasteiger partial charge in [-0.15, -0.1) is 11.3 Å². The van der Waals surface area contributed by atoms with Crippen molar-refractivity contribution in [2.45, 2.75) is 13.0 Å². The van der Waals surface area contributed by atoms with E-state index in [-0.39, 0.29) is 16.8 Å². The molecule has 0 aliphatic heterocycles.